The molecule has 1 aliphatic heterocycles. The highest BCUT2D eigenvalue weighted by Crippen LogP contribution is 2.21. The normalized spacial score (nSPS) is 14.3. The van der Waals surface area contributed by atoms with Crippen LogP contribution in [-0.2, 0) is 19.1 Å². The fourth-order valence-corrected chi connectivity index (χ4v) is 5.75. The number of Topliss-reactive ketones (excluding diaryl/α,β-unsaturated/α-hetero) is 2. The van der Waals surface area contributed by atoms with Crippen molar-refractivity contribution in [1.82, 2.24) is 9.97 Å². The molecule has 0 bridgehead atoms. The highest BCUT2D eigenvalue weighted by Gasteiger charge is 2.23. The summed E-state index contributed by atoms with van der Waals surface area (Å²) >= 11 is 0. The molecule has 10 heteroatoms. The number of carbonyl (C=O) groups excluding carboxylic acids is 4. The minimum Gasteiger partial charge on any atom is -0.451 e. The summed E-state index contributed by atoms with van der Waals surface area (Å²) in [6.07, 6.45) is 17.1. The van der Waals surface area contributed by atoms with E-state index in [0.717, 1.165) is 50.0 Å². The second-order valence-corrected chi connectivity index (χ2v) is 12.9. The van der Waals surface area contributed by atoms with Crippen LogP contribution in [0.2, 0.25) is 0 Å². The van der Waals surface area contributed by atoms with Crippen LogP contribution in [0.25, 0.3) is 0 Å². The van der Waals surface area contributed by atoms with Crippen LogP contribution in [0.3, 0.4) is 0 Å². The van der Waals surface area contributed by atoms with E-state index in [4.69, 9.17) is 9.47 Å². The van der Waals surface area contributed by atoms with Crippen LogP contribution in [0.1, 0.15) is 138 Å². The second-order valence-electron chi connectivity index (χ2n) is 12.9. The Balaban J connectivity index is 1.42. The van der Waals surface area contributed by atoms with Gasteiger partial charge in [0, 0.05) is 51.4 Å². The van der Waals surface area contributed by atoms with Crippen molar-refractivity contribution in [3.05, 3.63) is 47.9 Å². The van der Waals surface area contributed by atoms with Gasteiger partial charge in [-0.3, -0.25) is 14.6 Å². The van der Waals surface area contributed by atoms with Crippen molar-refractivity contribution in [3.8, 4) is 0 Å². The summed E-state index contributed by atoms with van der Waals surface area (Å²) in [5, 5.41) is 0. The standard InChI is InChI=1S/C38H56N4O6/c1-5-7-9-11-13-15-17-34(43)29(3)47-37(45)31-19-20-36(40-27-31)42-23-21-41(22-24-42)33-25-32(26-39-28-33)38(46)48-30(4)35(44)18-16-14-12-10-8-6-2/h19-20,25-30H,5-18,21-24H2,1-4H3/t29-,30-/m1/s1. The molecule has 2 atom stereocenters. The summed E-state index contributed by atoms with van der Waals surface area (Å²) in [6.45, 7) is 10.3. The van der Waals surface area contributed by atoms with Crippen molar-refractivity contribution in [3.63, 3.8) is 0 Å². The molecule has 1 fully saturated rings. The zero-order valence-corrected chi connectivity index (χ0v) is 29.6. The number of ether oxygens (including phenoxy) is 2. The van der Waals surface area contributed by atoms with E-state index >= 15 is 0 Å². The molecule has 10 nitrogen and oxygen atoms in total. The molecule has 0 N–H and O–H groups in total. The van der Waals surface area contributed by atoms with Crippen LogP contribution < -0.4 is 9.80 Å². The first kappa shape index (κ1) is 38.6. The number of unbranched alkanes of at least 4 members (excludes halogenated alkanes) is 10. The molecule has 0 unspecified atom stereocenters. The van der Waals surface area contributed by atoms with Crippen molar-refractivity contribution in [2.75, 3.05) is 36.0 Å². The van der Waals surface area contributed by atoms with Gasteiger partial charge in [-0.25, -0.2) is 14.6 Å². The lowest BCUT2D eigenvalue weighted by Crippen LogP contribution is -2.47. The third kappa shape index (κ3) is 13.0. The molecular weight excluding hydrogens is 608 g/mol. The minimum absolute atomic E-state index is 0.0533. The maximum atomic E-state index is 12.8. The minimum atomic E-state index is -0.790. The molecule has 0 spiro atoms. The molecule has 3 heterocycles. The maximum Gasteiger partial charge on any atom is 0.340 e. The quantitative estimate of drug-likeness (QED) is 0.0923. The van der Waals surface area contributed by atoms with E-state index in [1.165, 1.54) is 50.9 Å². The van der Waals surface area contributed by atoms with Crippen LogP contribution in [0, 0.1) is 0 Å². The number of rotatable bonds is 22. The SMILES string of the molecule is CCCCCCCCC(=O)[C@@H](C)OC(=O)c1ccc(N2CCN(c3cncc(C(=O)O[C@H](C)C(=O)CCCCCCCC)c3)CC2)nc1. The number of pyridine rings is 2. The molecule has 48 heavy (non-hydrogen) atoms. The van der Waals surface area contributed by atoms with Gasteiger partial charge in [0.15, 0.2) is 23.8 Å². The van der Waals surface area contributed by atoms with Crippen LogP contribution >= 0.6 is 0 Å². The zero-order chi connectivity index (χ0) is 34.7. The van der Waals surface area contributed by atoms with E-state index in [9.17, 15) is 19.2 Å². The lowest BCUT2D eigenvalue weighted by atomic mass is 10.1. The van der Waals surface area contributed by atoms with Gasteiger partial charge in [0.1, 0.15) is 5.82 Å². The fraction of sp³-hybridized carbons (Fsp3) is 0.632. The number of hydrogen-bond acceptors (Lipinski definition) is 10. The van der Waals surface area contributed by atoms with Crippen molar-refractivity contribution in [2.24, 2.45) is 0 Å². The second kappa shape index (κ2) is 21.2. The van der Waals surface area contributed by atoms with Gasteiger partial charge in [-0.2, -0.15) is 0 Å². The molecule has 1 aliphatic rings. The van der Waals surface area contributed by atoms with Crippen molar-refractivity contribution in [2.45, 2.75) is 130 Å². The largest absolute Gasteiger partial charge is 0.451 e. The first-order chi connectivity index (χ1) is 23.2. The van der Waals surface area contributed by atoms with Gasteiger partial charge >= 0.3 is 11.9 Å². The Morgan fingerprint density at radius 2 is 1.15 bits per heavy atom. The molecule has 264 valence electrons. The summed E-state index contributed by atoms with van der Waals surface area (Å²) in [5.41, 5.74) is 1.43. The van der Waals surface area contributed by atoms with Crippen LogP contribution in [0.15, 0.2) is 36.8 Å². The summed E-state index contributed by atoms with van der Waals surface area (Å²) in [6, 6.07) is 5.23. The lowest BCUT2D eigenvalue weighted by molar-refractivity contribution is -0.127. The van der Waals surface area contributed by atoms with Crippen molar-refractivity contribution >= 4 is 35.0 Å². The van der Waals surface area contributed by atoms with Gasteiger partial charge in [0.25, 0.3) is 0 Å². The molecule has 0 radical (unpaired) electrons. The van der Waals surface area contributed by atoms with Crippen LogP contribution in [-0.4, -0.2) is 71.9 Å². The lowest BCUT2D eigenvalue weighted by Gasteiger charge is -2.36. The van der Waals surface area contributed by atoms with Gasteiger partial charge < -0.3 is 19.3 Å². The smallest absolute Gasteiger partial charge is 0.340 e. The van der Waals surface area contributed by atoms with E-state index in [0.29, 0.717) is 50.1 Å². The van der Waals surface area contributed by atoms with Crippen molar-refractivity contribution in [1.29, 1.82) is 0 Å². The predicted molar refractivity (Wildman–Crippen MR) is 189 cm³/mol. The Bertz CT molecular complexity index is 1290. The van der Waals surface area contributed by atoms with Gasteiger partial charge in [-0.15, -0.1) is 0 Å². The molecule has 3 rings (SSSR count). The number of ketones is 2. The number of hydrogen-bond donors (Lipinski definition) is 0. The van der Waals surface area contributed by atoms with E-state index in [-0.39, 0.29) is 11.6 Å². The molecule has 0 saturated carbocycles. The molecule has 2 aromatic heterocycles. The van der Waals surface area contributed by atoms with Gasteiger partial charge in [0.05, 0.1) is 23.0 Å². The highest BCUT2D eigenvalue weighted by molar-refractivity contribution is 5.93. The van der Waals surface area contributed by atoms with Gasteiger partial charge in [-0.1, -0.05) is 78.1 Å². The number of aromatic nitrogens is 2. The Kier molecular flexibility index (Phi) is 17.1. The Morgan fingerprint density at radius 3 is 1.67 bits per heavy atom. The number of piperazine rings is 1. The van der Waals surface area contributed by atoms with E-state index in [1.807, 2.05) is 0 Å². The summed E-state index contributed by atoms with van der Waals surface area (Å²) in [4.78, 5) is 63.4. The molecule has 0 aliphatic carbocycles. The molecule has 2 aromatic rings. The monoisotopic (exact) mass is 664 g/mol. The van der Waals surface area contributed by atoms with E-state index < -0.39 is 24.1 Å². The summed E-state index contributed by atoms with van der Waals surface area (Å²) in [7, 11) is 0. The molecule has 0 aromatic carbocycles. The van der Waals surface area contributed by atoms with Crippen LogP contribution in [0.4, 0.5) is 11.5 Å². The van der Waals surface area contributed by atoms with Gasteiger partial charge in [-0.05, 0) is 44.9 Å². The Morgan fingerprint density at radius 1 is 0.646 bits per heavy atom. The molecule has 1 saturated heterocycles. The molecular formula is C38H56N4O6. The van der Waals surface area contributed by atoms with Gasteiger partial charge in [0.2, 0.25) is 0 Å². The number of anilines is 2. The number of carbonyl (C=O) groups is 4. The Hall–Kier alpha value is -3.82. The average Bonchev–Trinajstić information content (AvgIpc) is 3.11. The van der Waals surface area contributed by atoms with Crippen LogP contribution in [0.5, 0.6) is 0 Å². The zero-order valence-electron chi connectivity index (χ0n) is 29.6. The first-order valence-corrected chi connectivity index (χ1v) is 18.1. The first-order valence-electron chi connectivity index (χ1n) is 18.1. The third-order valence-corrected chi connectivity index (χ3v) is 8.94. The predicted octanol–water partition coefficient (Wildman–Crippen LogP) is 7.53. The van der Waals surface area contributed by atoms with E-state index in [2.05, 4.69) is 33.6 Å². The number of nitrogens with zero attached hydrogens (tertiary/aromatic N) is 4. The van der Waals surface area contributed by atoms with E-state index in [1.54, 1.807) is 38.2 Å². The average molecular weight is 665 g/mol. The summed E-state index contributed by atoms with van der Waals surface area (Å²) in [5.74, 6) is -0.465. The maximum absolute atomic E-state index is 12.8. The Labute approximate surface area is 287 Å². The fourth-order valence-electron chi connectivity index (χ4n) is 5.75. The highest BCUT2D eigenvalue weighted by atomic mass is 16.5. The third-order valence-electron chi connectivity index (χ3n) is 8.94. The van der Waals surface area contributed by atoms with Crippen molar-refractivity contribution < 1.29 is 28.7 Å². The number of esters is 2. The molecule has 0 amide bonds. The summed E-state index contributed by atoms with van der Waals surface area (Å²) < 4.78 is 10.9. The topological polar surface area (TPSA) is 119 Å².